The maximum atomic E-state index is 10.2. The molecule has 1 heterocycles. The summed E-state index contributed by atoms with van der Waals surface area (Å²) in [6.45, 7) is 0.815. The number of hydrogen-bond acceptors (Lipinski definition) is 3. The van der Waals surface area contributed by atoms with Crippen molar-refractivity contribution in [2.24, 2.45) is 0 Å². The number of nitrogens with zero attached hydrogens (tertiary/aromatic N) is 1. The van der Waals surface area contributed by atoms with Gasteiger partial charge in [0.25, 0.3) is 0 Å². The number of aromatic nitrogens is 2. The molecule has 3 rings (SSSR count). The quantitative estimate of drug-likeness (QED) is 0.785. The van der Waals surface area contributed by atoms with Gasteiger partial charge in [0.1, 0.15) is 5.82 Å². The van der Waals surface area contributed by atoms with Gasteiger partial charge in [0, 0.05) is 5.92 Å². The van der Waals surface area contributed by atoms with Crippen LogP contribution in [0.3, 0.4) is 0 Å². The molecule has 0 radical (unpaired) electrons. The molecule has 1 saturated carbocycles. The Hall–Kier alpha value is -1.39. The maximum Gasteiger partial charge on any atom is 0.110 e. The SMILES string of the molecule is CNCCC(O)c1ccc2nc(C3CCCC3)[nH]c2c1. The molecule has 1 aliphatic rings. The maximum absolute atomic E-state index is 10.2. The topological polar surface area (TPSA) is 60.9 Å². The minimum absolute atomic E-state index is 0.412. The molecule has 108 valence electrons. The van der Waals surface area contributed by atoms with Crippen LogP contribution < -0.4 is 5.32 Å². The number of H-pyrrole nitrogens is 1. The predicted molar refractivity (Wildman–Crippen MR) is 80.8 cm³/mol. The summed E-state index contributed by atoms with van der Waals surface area (Å²) in [4.78, 5) is 8.16. The zero-order chi connectivity index (χ0) is 13.9. The van der Waals surface area contributed by atoms with E-state index >= 15 is 0 Å². The molecule has 0 spiro atoms. The molecule has 0 saturated heterocycles. The van der Waals surface area contributed by atoms with Crippen LogP contribution in [-0.4, -0.2) is 28.7 Å². The van der Waals surface area contributed by atoms with E-state index in [1.807, 2.05) is 25.2 Å². The molecule has 1 fully saturated rings. The van der Waals surface area contributed by atoms with Gasteiger partial charge in [-0.05, 0) is 50.6 Å². The summed E-state index contributed by atoms with van der Waals surface area (Å²) in [5.41, 5.74) is 3.03. The number of rotatable bonds is 5. The lowest BCUT2D eigenvalue weighted by molar-refractivity contribution is 0.168. The van der Waals surface area contributed by atoms with Crippen LogP contribution in [0.1, 0.15) is 55.5 Å². The molecule has 1 aromatic carbocycles. The molecule has 0 amide bonds. The van der Waals surface area contributed by atoms with Gasteiger partial charge in [-0.1, -0.05) is 18.9 Å². The Bertz CT molecular complexity index is 572. The second-order valence-electron chi connectivity index (χ2n) is 5.79. The predicted octanol–water partition coefficient (Wildman–Crippen LogP) is 2.86. The van der Waals surface area contributed by atoms with Crippen molar-refractivity contribution >= 4 is 11.0 Å². The van der Waals surface area contributed by atoms with E-state index in [0.717, 1.165) is 35.4 Å². The van der Waals surface area contributed by atoms with Gasteiger partial charge in [0.2, 0.25) is 0 Å². The first-order valence-electron chi connectivity index (χ1n) is 7.60. The van der Waals surface area contributed by atoms with E-state index in [4.69, 9.17) is 4.98 Å². The Morgan fingerprint density at radius 2 is 2.20 bits per heavy atom. The number of aliphatic hydroxyl groups excluding tert-OH is 1. The van der Waals surface area contributed by atoms with Crippen molar-refractivity contribution in [3.8, 4) is 0 Å². The van der Waals surface area contributed by atoms with Gasteiger partial charge in [-0.3, -0.25) is 0 Å². The molecule has 3 N–H and O–H groups in total. The van der Waals surface area contributed by atoms with Gasteiger partial charge in [-0.15, -0.1) is 0 Å². The Balaban J connectivity index is 1.83. The van der Waals surface area contributed by atoms with Gasteiger partial charge >= 0.3 is 0 Å². The van der Waals surface area contributed by atoms with Gasteiger partial charge < -0.3 is 15.4 Å². The first-order chi connectivity index (χ1) is 9.78. The molecule has 1 aliphatic carbocycles. The molecular formula is C16H23N3O. The highest BCUT2D eigenvalue weighted by molar-refractivity contribution is 5.76. The van der Waals surface area contributed by atoms with Crippen LogP contribution in [0, 0.1) is 0 Å². The smallest absolute Gasteiger partial charge is 0.110 e. The summed E-state index contributed by atoms with van der Waals surface area (Å²) in [6, 6.07) is 6.05. The number of nitrogens with one attached hydrogen (secondary N) is 2. The van der Waals surface area contributed by atoms with E-state index in [1.165, 1.54) is 25.7 Å². The number of hydrogen-bond donors (Lipinski definition) is 3. The second-order valence-corrected chi connectivity index (χ2v) is 5.79. The largest absolute Gasteiger partial charge is 0.388 e. The summed E-state index contributed by atoms with van der Waals surface area (Å²) in [7, 11) is 1.90. The Kier molecular flexibility index (Phi) is 4.03. The lowest BCUT2D eigenvalue weighted by Crippen LogP contribution is -2.11. The molecule has 0 aliphatic heterocycles. The number of imidazole rings is 1. The Morgan fingerprint density at radius 1 is 1.40 bits per heavy atom. The highest BCUT2D eigenvalue weighted by atomic mass is 16.3. The van der Waals surface area contributed by atoms with Crippen LogP contribution in [-0.2, 0) is 0 Å². The molecule has 4 heteroatoms. The molecular weight excluding hydrogens is 250 g/mol. The fraction of sp³-hybridized carbons (Fsp3) is 0.562. The monoisotopic (exact) mass is 273 g/mol. The average Bonchev–Trinajstić information content (AvgIpc) is 3.11. The van der Waals surface area contributed by atoms with E-state index in [2.05, 4.69) is 10.3 Å². The standard InChI is InChI=1S/C16H23N3O/c1-17-9-8-15(20)12-6-7-13-14(10-12)19-16(18-13)11-4-2-3-5-11/h6-7,10-11,15,17,20H,2-5,8-9H2,1H3,(H,18,19). The normalized spacial score (nSPS) is 17.9. The van der Waals surface area contributed by atoms with Gasteiger partial charge in [0.05, 0.1) is 17.1 Å². The molecule has 1 unspecified atom stereocenters. The first-order valence-corrected chi connectivity index (χ1v) is 7.60. The lowest BCUT2D eigenvalue weighted by atomic mass is 10.1. The van der Waals surface area contributed by atoms with Gasteiger partial charge in [-0.25, -0.2) is 4.98 Å². The fourth-order valence-electron chi connectivity index (χ4n) is 3.09. The number of aliphatic hydroxyl groups is 1. The third kappa shape index (κ3) is 2.72. The van der Waals surface area contributed by atoms with Crippen molar-refractivity contribution in [2.45, 2.75) is 44.1 Å². The van der Waals surface area contributed by atoms with Crippen LogP contribution in [0.25, 0.3) is 11.0 Å². The lowest BCUT2D eigenvalue weighted by Gasteiger charge is -2.10. The van der Waals surface area contributed by atoms with E-state index in [1.54, 1.807) is 0 Å². The van der Waals surface area contributed by atoms with E-state index in [9.17, 15) is 5.11 Å². The van der Waals surface area contributed by atoms with Crippen molar-refractivity contribution in [3.05, 3.63) is 29.6 Å². The van der Waals surface area contributed by atoms with Crippen molar-refractivity contribution in [3.63, 3.8) is 0 Å². The summed E-state index contributed by atoms with van der Waals surface area (Å²) in [5.74, 6) is 1.72. The van der Waals surface area contributed by atoms with E-state index in [0.29, 0.717) is 5.92 Å². The third-order valence-corrected chi connectivity index (χ3v) is 4.32. The Morgan fingerprint density at radius 3 is 2.95 bits per heavy atom. The third-order valence-electron chi connectivity index (χ3n) is 4.32. The fourth-order valence-corrected chi connectivity index (χ4v) is 3.09. The molecule has 1 aromatic heterocycles. The zero-order valence-electron chi connectivity index (χ0n) is 12.0. The van der Waals surface area contributed by atoms with Crippen molar-refractivity contribution in [1.29, 1.82) is 0 Å². The van der Waals surface area contributed by atoms with Crippen molar-refractivity contribution in [2.75, 3.05) is 13.6 Å². The van der Waals surface area contributed by atoms with Crippen LogP contribution in [0.5, 0.6) is 0 Å². The summed E-state index contributed by atoms with van der Waals surface area (Å²) in [5, 5.41) is 13.2. The zero-order valence-corrected chi connectivity index (χ0v) is 12.0. The molecule has 0 bridgehead atoms. The minimum atomic E-state index is -0.412. The summed E-state index contributed by atoms with van der Waals surface area (Å²) < 4.78 is 0. The van der Waals surface area contributed by atoms with Crippen LogP contribution >= 0.6 is 0 Å². The molecule has 20 heavy (non-hydrogen) atoms. The van der Waals surface area contributed by atoms with Crippen molar-refractivity contribution in [1.82, 2.24) is 15.3 Å². The summed E-state index contributed by atoms with van der Waals surface area (Å²) in [6.07, 6.45) is 5.44. The van der Waals surface area contributed by atoms with Gasteiger partial charge in [0.15, 0.2) is 0 Å². The number of aromatic amines is 1. The number of fused-ring (bicyclic) bond motifs is 1. The average molecular weight is 273 g/mol. The second kappa shape index (κ2) is 5.94. The summed E-state index contributed by atoms with van der Waals surface area (Å²) >= 11 is 0. The molecule has 4 nitrogen and oxygen atoms in total. The highest BCUT2D eigenvalue weighted by Crippen LogP contribution is 2.33. The Labute approximate surface area is 119 Å². The van der Waals surface area contributed by atoms with Crippen LogP contribution in [0.15, 0.2) is 18.2 Å². The van der Waals surface area contributed by atoms with Crippen molar-refractivity contribution < 1.29 is 5.11 Å². The van der Waals surface area contributed by atoms with E-state index < -0.39 is 6.10 Å². The molecule has 1 atom stereocenters. The highest BCUT2D eigenvalue weighted by Gasteiger charge is 2.20. The van der Waals surface area contributed by atoms with Crippen LogP contribution in [0.4, 0.5) is 0 Å². The van der Waals surface area contributed by atoms with E-state index in [-0.39, 0.29) is 0 Å². The minimum Gasteiger partial charge on any atom is -0.388 e. The molecule has 2 aromatic rings. The van der Waals surface area contributed by atoms with Crippen LogP contribution in [0.2, 0.25) is 0 Å². The van der Waals surface area contributed by atoms with Gasteiger partial charge in [-0.2, -0.15) is 0 Å². The first kappa shape index (κ1) is 13.6. The number of benzene rings is 1.